The van der Waals surface area contributed by atoms with Crippen molar-refractivity contribution in [3.63, 3.8) is 0 Å². The van der Waals surface area contributed by atoms with Gasteiger partial charge in [0, 0.05) is 19.0 Å². The van der Waals surface area contributed by atoms with Crippen molar-refractivity contribution < 1.29 is 13.6 Å². The van der Waals surface area contributed by atoms with Crippen LogP contribution >= 0.6 is 11.5 Å². The molecule has 0 aliphatic rings. The second-order valence-corrected chi connectivity index (χ2v) is 6.33. The number of aryl methyl sites for hydroxylation is 1. The van der Waals surface area contributed by atoms with Crippen molar-refractivity contribution in [2.75, 3.05) is 5.32 Å². The van der Waals surface area contributed by atoms with Gasteiger partial charge in [-0.15, -0.1) is 0 Å². The molecule has 0 aliphatic heterocycles. The fourth-order valence-electron chi connectivity index (χ4n) is 2.35. The smallest absolute Gasteiger partial charge is 0.268 e. The molecular formula is C17H14F2N2O2S. The second kappa shape index (κ2) is 6.92. The number of halogens is 2. The van der Waals surface area contributed by atoms with Crippen LogP contribution in [0.3, 0.4) is 0 Å². The van der Waals surface area contributed by atoms with E-state index in [-0.39, 0.29) is 17.7 Å². The van der Waals surface area contributed by atoms with Gasteiger partial charge in [0.25, 0.3) is 5.56 Å². The lowest BCUT2D eigenvalue weighted by atomic mass is 10.2. The van der Waals surface area contributed by atoms with Crippen LogP contribution in [0.2, 0.25) is 0 Å². The van der Waals surface area contributed by atoms with E-state index in [2.05, 4.69) is 5.32 Å². The number of nitrogens with one attached hydrogen (secondary N) is 1. The molecule has 0 saturated carbocycles. The molecule has 1 N–H and O–H groups in total. The van der Waals surface area contributed by atoms with Crippen molar-refractivity contribution in [3.05, 3.63) is 64.5 Å². The van der Waals surface area contributed by atoms with Crippen LogP contribution in [0.5, 0.6) is 0 Å². The minimum Gasteiger partial charge on any atom is -0.324 e. The topological polar surface area (TPSA) is 51.1 Å². The van der Waals surface area contributed by atoms with Crippen molar-refractivity contribution in [3.8, 4) is 0 Å². The molecule has 3 aromatic rings. The van der Waals surface area contributed by atoms with Crippen molar-refractivity contribution in [1.82, 2.24) is 3.96 Å². The van der Waals surface area contributed by atoms with Gasteiger partial charge < -0.3 is 5.32 Å². The van der Waals surface area contributed by atoms with E-state index in [0.29, 0.717) is 18.4 Å². The van der Waals surface area contributed by atoms with Crippen molar-refractivity contribution >= 4 is 33.2 Å². The summed E-state index contributed by atoms with van der Waals surface area (Å²) in [4.78, 5) is 24.0. The van der Waals surface area contributed by atoms with Crippen LogP contribution in [-0.4, -0.2) is 9.86 Å². The number of nitrogens with zero attached hydrogens (tertiary/aromatic N) is 1. The van der Waals surface area contributed by atoms with Gasteiger partial charge in [0.15, 0.2) is 0 Å². The van der Waals surface area contributed by atoms with E-state index in [1.807, 2.05) is 18.2 Å². The molecule has 0 atom stereocenters. The zero-order chi connectivity index (χ0) is 17.1. The molecule has 0 bridgehead atoms. The van der Waals surface area contributed by atoms with E-state index >= 15 is 0 Å². The summed E-state index contributed by atoms with van der Waals surface area (Å²) in [6.07, 6.45) is 0.534. The first-order valence-corrected chi connectivity index (χ1v) is 8.16. The lowest BCUT2D eigenvalue weighted by molar-refractivity contribution is -0.116. The average Bonchev–Trinajstić information content (AvgIpc) is 2.88. The summed E-state index contributed by atoms with van der Waals surface area (Å²) in [5.41, 5.74) is -0.258. The third-order valence-electron chi connectivity index (χ3n) is 3.52. The minimum absolute atomic E-state index is 0.0767. The van der Waals surface area contributed by atoms with Crippen molar-refractivity contribution in [2.24, 2.45) is 0 Å². The molecule has 1 aromatic heterocycles. The van der Waals surface area contributed by atoms with E-state index in [1.165, 1.54) is 11.5 Å². The lowest BCUT2D eigenvalue weighted by Gasteiger charge is -2.06. The molecular weight excluding hydrogens is 334 g/mol. The number of benzene rings is 2. The van der Waals surface area contributed by atoms with Gasteiger partial charge in [-0.1, -0.05) is 23.7 Å². The number of carbonyl (C=O) groups excluding carboxylic acids is 1. The number of aromatic nitrogens is 1. The highest BCUT2D eigenvalue weighted by Gasteiger charge is 2.10. The quantitative estimate of drug-likeness (QED) is 0.763. The third-order valence-corrected chi connectivity index (χ3v) is 4.64. The Labute approximate surface area is 140 Å². The molecule has 0 spiro atoms. The molecule has 0 aliphatic carbocycles. The Bertz CT molecular complexity index is 949. The van der Waals surface area contributed by atoms with Crippen LogP contribution in [-0.2, 0) is 11.3 Å². The highest BCUT2D eigenvalue weighted by atomic mass is 32.1. The van der Waals surface area contributed by atoms with Gasteiger partial charge in [0.2, 0.25) is 5.91 Å². The van der Waals surface area contributed by atoms with Gasteiger partial charge in [0.1, 0.15) is 11.6 Å². The first-order chi connectivity index (χ1) is 11.5. The largest absolute Gasteiger partial charge is 0.324 e. The number of rotatable bonds is 5. The molecule has 1 heterocycles. The normalized spacial score (nSPS) is 10.9. The van der Waals surface area contributed by atoms with Crippen LogP contribution in [0.1, 0.15) is 12.8 Å². The molecule has 124 valence electrons. The monoisotopic (exact) mass is 348 g/mol. The molecule has 2 aromatic carbocycles. The minimum atomic E-state index is -0.689. The molecule has 0 fully saturated rings. The Balaban J connectivity index is 1.59. The Morgan fingerprint density at radius 1 is 1.17 bits per heavy atom. The molecule has 0 saturated heterocycles. The number of hydrogen-bond acceptors (Lipinski definition) is 3. The summed E-state index contributed by atoms with van der Waals surface area (Å²) in [6, 6.07) is 10.2. The molecule has 0 unspecified atom stereocenters. The van der Waals surface area contributed by atoms with Gasteiger partial charge in [-0.05, 0) is 30.7 Å². The van der Waals surface area contributed by atoms with E-state index < -0.39 is 17.5 Å². The number of carbonyl (C=O) groups is 1. The number of fused-ring (bicyclic) bond motifs is 1. The predicted octanol–water partition coefficient (Wildman–Crippen LogP) is 3.76. The van der Waals surface area contributed by atoms with Crippen LogP contribution in [0.15, 0.2) is 47.3 Å². The Kier molecular flexibility index (Phi) is 4.71. The Morgan fingerprint density at radius 3 is 2.75 bits per heavy atom. The third kappa shape index (κ3) is 3.51. The maximum absolute atomic E-state index is 13.5. The van der Waals surface area contributed by atoms with Crippen molar-refractivity contribution in [1.29, 1.82) is 0 Å². The summed E-state index contributed by atoms with van der Waals surface area (Å²) in [6.45, 7) is 0.400. The SMILES string of the molecule is O=C(CCCn1sc2ccccc2c1=O)Nc1cc(F)ccc1F. The van der Waals surface area contributed by atoms with Crippen LogP contribution in [0, 0.1) is 11.6 Å². The van der Waals surface area contributed by atoms with E-state index in [9.17, 15) is 18.4 Å². The van der Waals surface area contributed by atoms with Crippen LogP contribution < -0.4 is 10.9 Å². The zero-order valence-electron chi connectivity index (χ0n) is 12.6. The molecule has 3 rings (SSSR count). The van der Waals surface area contributed by atoms with Crippen molar-refractivity contribution in [2.45, 2.75) is 19.4 Å². The standard InChI is InChI=1S/C17H14F2N2O2S/c18-11-7-8-13(19)14(10-11)20-16(22)6-3-9-21-17(23)12-4-1-2-5-15(12)24-21/h1-2,4-5,7-8,10H,3,6,9H2,(H,20,22). The summed E-state index contributed by atoms with van der Waals surface area (Å²) >= 11 is 1.35. The first kappa shape index (κ1) is 16.3. The molecule has 4 nitrogen and oxygen atoms in total. The van der Waals surface area contributed by atoms with Gasteiger partial charge in [-0.2, -0.15) is 0 Å². The second-order valence-electron chi connectivity index (χ2n) is 5.27. The first-order valence-electron chi connectivity index (χ1n) is 7.38. The summed E-state index contributed by atoms with van der Waals surface area (Å²) in [7, 11) is 0. The molecule has 0 radical (unpaired) electrons. The van der Waals surface area contributed by atoms with E-state index in [4.69, 9.17) is 0 Å². The highest BCUT2D eigenvalue weighted by Crippen LogP contribution is 2.17. The van der Waals surface area contributed by atoms with E-state index in [1.54, 1.807) is 10.0 Å². The van der Waals surface area contributed by atoms with Crippen LogP contribution in [0.4, 0.5) is 14.5 Å². The Morgan fingerprint density at radius 2 is 1.96 bits per heavy atom. The number of anilines is 1. The Hall–Kier alpha value is -2.54. The van der Waals surface area contributed by atoms with Gasteiger partial charge in [-0.25, -0.2) is 8.78 Å². The fraction of sp³-hybridized carbons (Fsp3) is 0.176. The van der Waals surface area contributed by atoms with Gasteiger partial charge >= 0.3 is 0 Å². The predicted molar refractivity (Wildman–Crippen MR) is 90.3 cm³/mol. The molecule has 7 heteroatoms. The average molecular weight is 348 g/mol. The molecule has 24 heavy (non-hydrogen) atoms. The lowest BCUT2D eigenvalue weighted by Crippen LogP contribution is -2.16. The highest BCUT2D eigenvalue weighted by molar-refractivity contribution is 7.13. The number of amides is 1. The molecule has 1 amide bonds. The summed E-state index contributed by atoms with van der Waals surface area (Å²) in [5, 5.41) is 3.00. The van der Waals surface area contributed by atoms with Crippen LogP contribution in [0.25, 0.3) is 10.1 Å². The summed E-state index contributed by atoms with van der Waals surface area (Å²) < 4.78 is 29.0. The maximum Gasteiger partial charge on any atom is 0.268 e. The van der Waals surface area contributed by atoms with E-state index in [0.717, 1.165) is 22.9 Å². The fourth-order valence-corrected chi connectivity index (χ4v) is 3.39. The summed E-state index contributed by atoms with van der Waals surface area (Å²) in [5.74, 6) is -1.73. The van der Waals surface area contributed by atoms with Gasteiger partial charge in [0.05, 0.1) is 15.8 Å². The number of hydrogen-bond donors (Lipinski definition) is 1. The maximum atomic E-state index is 13.5. The zero-order valence-corrected chi connectivity index (χ0v) is 13.4. The van der Waals surface area contributed by atoms with Gasteiger partial charge in [-0.3, -0.25) is 13.5 Å².